The van der Waals surface area contributed by atoms with Crippen LogP contribution in [0.1, 0.15) is 5.56 Å². The zero-order chi connectivity index (χ0) is 23.1. The van der Waals surface area contributed by atoms with Gasteiger partial charge in [0.1, 0.15) is 0 Å². The second-order valence-electron chi connectivity index (χ2n) is 6.77. The highest BCUT2D eigenvalue weighted by Gasteiger charge is 2.21. The van der Waals surface area contributed by atoms with E-state index in [2.05, 4.69) is 5.32 Å². The molecule has 0 unspecified atom stereocenters. The topological polar surface area (TPSA) is 84.9 Å². The Bertz CT molecular complexity index is 1220. The fraction of sp³-hybridized carbons (Fsp3) is 0.125. The molecule has 0 heterocycles. The summed E-state index contributed by atoms with van der Waals surface area (Å²) < 4.78 is 37.6. The van der Waals surface area contributed by atoms with Crippen LogP contribution in [0.3, 0.4) is 0 Å². The van der Waals surface area contributed by atoms with Crippen LogP contribution in [0.25, 0.3) is 6.08 Å². The summed E-state index contributed by atoms with van der Waals surface area (Å²) in [4.78, 5) is 12.4. The maximum absolute atomic E-state index is 13.0. The molecule has 0 bridgehead atoms. The zero-order valence-corrected chi connectivity index (χ0v) is 18.8. The number of hydrogen-bond donors (Lipinski definition) is 1. The third kappa shape index (κ3) is 5.28. The first-order chi connectivity index (χ1) is 15.3. The highest BCUT2D eigenvalue weighted by Crippen LogP contribution is 2.28. The molecular formula is C24H24N2O5S. The maximum atomic E-state index is 13.0. The summed E-state index contributed by atoms with van der Waals surface area (Å²) >= 11 is 0. The van der Waals surface area contributed by atoms with Crippen LogP contribution in [0.15, 0.2) is 83.8 Å². The van der Waals surface area contributed by atoms with Crippen molar-refractivity contribution in [2.24, 2.45) is 0 Å². The highest BCUT2D eigenvalue weighted by molar-refractivity contribution is 7.92. The SMILES string of the molecule is COc1ccc(/C=C/C(=O)Nc2cccc(S(=O)(=O)N(C)c3ccccc3)c2)cc1OC. The van der Waals surface area contributed by atoms with E-state index in [4.69, 9.17) is 9.47 Å². The smallest absolute Gasteiger partial charge is 0.264 e. The monoisotopic (exact) mass is 452 g/mol. The minimum Gasteiger partial charge on any atom is -0.493 e. The van der Waals surface area contributed by atoms with Crippen molar-refractivity contribution in [1.82, 2.24) is 0 Å². The van der Waals surface area contributed by atoms with Gasteiger partial charge in [-0.15, -0.1) is 0 Å². The van der Waals surface area contributed by atoms with Crippen LogP contribution in [-0.2, 0) is 14.8 Å². The van der Waals surface area contributed by atoms with Crippen LogP contribution < -0.4 is 19.1 Å². The van der Waals surface area contributed by atoms with Crippen molar-refractivity contribution in [3.05, 3.63) is 84.4 Å². The molecule has 3 aromatic carbocycles. The van der Waals surface area contributed by atoms with Gasteiger partial charge in [0.25, 0.3) is 10.0 Å². The Kier molecular flexibility index (Phi) is 7.17. The molecule has 1 amide bonds. The van der Waals surface area contributed by atoms with Crippen LogP contribution in [-0.4, -0.2) is 35.6 Å². The van der Waals surface area contributed by atoms with Crippen LogP contribution in [0.4, 0.5) is 11.4 Å². The van der Waals surface area contributed by atoms with Gasteiger partial charge in [0, 0.05) is 18.8 Å². The molecule has 0 fully saturated rings. The number of methoxy groups -OCH3 is 2. The minimum atomic E-state index is -3.78. The first-order valence-corrected chi connectivity index (χ1v) is 11.1. The fourth-order valence-corrected chi connectivity index (χ4v) is 4.22. The normalized spacial score (nSPS) is 11.2. The summed E-state index contributed by atoms with van der Waals surface area (Å²) in [6.45, 7) is 0. The molecule has 3 aromatic rings. The van der Waals surface area contributed by atoms with E-state index >= 15 is 0 Å². The average Bonchev–Trinajstić information content (AvgIpc) is 2.82. The van der Waals surface area contributed by atoms with E-state index in [1.165, 1.54) is 36.7 Å². The van der Waals surface area contributed by atoms with E-state index in [0.717, 1.165) is 5.56 Å². The zero-order valence-electron chi connectivity index (χ0n) is 18.0. The quantitative estimate of drug-likeness (QED) is 0.518. The molecule has 0 aromatic heterocycles. The third-order valence-corrected chi connectivity index (χ3v) is 6.50. The van der Waals surface area contributed by atoms with Crippen molar-refractivity contribution < 1.29 is 22.7 Å². The molecule has 1 N–H and O–H groups in total. The van der Waals surface area contributed by atoms with Crippen molar-refractivity contribution in [3.63, 3.8) is 0 Å². The average molecular weight is 453 g/mol. The van der Waals surface area contributed by atoms with Gasteiger partial charge in [0.15, 0.2) is 11.5 Å². The molecule has 0 saturated heterocycles. The first kappa shape index (κ1) is 22.9. The molecule has 3 rings (SSSR count). The number of amides is 1. The lowest BCUT2D eigenvalue weighted by Crippen LogP contribution is -2.26. The van der Waals surface area contributed by atoms with Crippen LogP contribution in [0.5, 0.6) is 11.5 Å². The van der Waals surface area contributed by atoms with Gasteiger partial charge in [-0.3, -0.25) is 9.10 Å². The maximum Gasteiger partial charge on any atom is 0.264 e. The lowest BCUT2D eigenvalue weighted by molar-refractivity contribution is -0.111. The van der Waals surface area contributed by atoms with Crippen LogP contribution in [0, 0.1) is 0 Å². The van der Waals surface area contributed by atoms with Crippen molar-refractivity contribution in [2.75, 3.05) is 30.9 Å². The Morgan fingerprint density at radius 3 is 2.31 bits per heavy atom. The number of anilines is 2. The van der Waals surface area contributed by atoms with Gasteiger partial charge >= 0.3 is 0 Å². The summed E-state index contributed by atoms with van der Waals surface area (Å²) in [5.41, 5.74) is 1.66. The van der Waals surface area contributed by atoms with E-state index in [1.807, 2.05) is 6.07 Å². The third-order valence-electron chi connectivity index (χ3n) is 4.71. The molecule has 7 nitrogen and oxygen atoms in total. The van der Waals surface area contributed by atoms with Gasteiger partial charge in [0.05, 0.1) is 24.8 Å². The summed E-state index contributed by atoms with van der Waals surface area (Å²) in [5, 5.41) is 2.69. The molecular weight excluding hydrogens is 428 g/mol. The number of sulfonamides is 1. The molecule has 32 heavy (non-hydrogen) atoms. The van der Waals surface area contributed by atoms with Crippen LogP contribution >= 0.6 is 0 Å². The number of rotatable bonds is 8. The van der Waals surface area contributed by atoms with Gasteiger partial charge in [0.2, 0.25) is 5.91 Å². The lowest BCUT2D eigenvalue weighted by atomic mass is 10.2. The Balaban J connectivity index is 1.74. The summed E-state index contributed by atoms with van der Waals surface area (Å²) in [6, 6.07) is 20.2. The number of carbonyl (C=O) groups excluding carboxylic acids is 1. The lowest BCUT2D eigenvalue weighted by Gasteiger charge is -2.19. The Hall–Kier alpha value is -3.78. The van der Waals surface area contributed by atoms with Crippen molar-refractivity contribution in [3.8, 4) is 11.5 Å². The van der Waals surface area contributed by atoms with Crippen molar-refractivity contribution in [2.45, 2.75) is 4.90 Å². The van der Waals surface area contributed by atoms with E-state index in [1.54, 1.807) is 67.8 Å². The molecule has 0 radical (unpaired) electrons. The molecule has 0 saturated carbocycles. The predicted octanol–water partition coefficient (Wildman–Crippen LogP) is 4.18. The Morgan fingerprint density at radius 2 is 1.62 bits per heavy atom. The molecule has 0 aliphatic rings. The van der Waals surface area contributed by atoms with Gasteiger partial charge in [-0.1, -0.05) is 30.3 Å². The van der Waals surface area contributed by atoms with Gasteiger partial charge < -0.3 is 14.8 Å². The molecule has 8 heteroatoms. The largest absolute Gasteiger partial charge is 0.493 e. The van der Waals surface area contributed by atoms with Gasteiger partial charge in [-0.05, 0) is 54.1 Å². The van der Waals surface area contributed by atoms with Crippen molar-refractivity contribution in [1.29, 1.82) is 0 Å². The number of hydrogen-bond acceptors (Lipinski definition) is 5. The second-order valence-corrected chi connectivity index (χ2v) is 8.74. The van der Waals surface area contributed by atoms with E-state index in [9.17, 15) is 13.2 Å². The number of nitrogens with zero attached hydrogens (tertiary/aromatic N) is 1. The second kappa shape index (κ2) is 10.0. The fourth-order valence-electron chi connectivity index (χ4n) is 2.98. The van der Waals surface area contributed by atoms with Gasteiger partial charge in [-0.2, -0.15) is 0 Å². The highest BCUT2D eigenvalue weighted by atomic mass is 32.2. The minimum absolute atomic E-state index is 0.0746. The summed E-state index contributed by atoms with van der Waals surface area (Å²) in [6.07, 6.45) is 2.99. The molecule has 0 spiro atoms. The molecule has 0 atom stereocenters. The van der Waals surface area contributed by atoms with Crippen LogP contribution in [0.2, 0.25) is 0 Å². The number of carbonyl (C=O) groups is 1. The van der Waals surface area contributed by atoms with E-state index in [0.29, 0.717) is 22.9 Å². The molecule has 0 aliphatic heterocycles. The Labute approximate surface area is 188 Å². The summed E-state index contributed by atoms with van der Waals surface area (Å²) in [5.74, 6) is 0.744. The standard InChI is InChI=1S/C24H24N2O5S/c1-26(20-9-5-4-6-10-20)32(28,29)21-11-7-8-19(17-21)25-24(27)15-13-18-12-14-22(30-2)23(16-18)31-3/h4-17H,1-3H3,(H,25,27)/b15-13+. The number of nitrogens with one attached hydrogen (secondary N) is 1. The van der Waals surface area contributed by atoms with E-state index in [-0.39, 0.29) is 4.90 Å². The molecule has 0 aliphatic carbocycles. The number of benzene rings is 3. The predicted molar refractivity (Wildman–Crippen MR) is 126 cm³/mol. The number of para-hydroxylation sites is 1. The number of ether oxygens (including phenoxy) is 2. The summed E-state index contributed by atoms with van der Waals surface area (Å²) in [7, 11) is 0.791. The Morgan fingerprint density at radius 1 is 0.906 bits per heavy atom. The van der Waals surface area contributed by atoms with Gasteiger partial charge in [-0.25, -0.2) is 8.42 Å². The van der Waals surface area contributed by atoms with E-state index < -0.39 is 15.9 Å². The van der Waals surface area contributed by atoms with Crippen molar-refractivity contribution >= 4 is 33.4 Å². The molecule has 166 valence electrons. The first-order valence-electron chi connectivity index (χ1n) is 9.70.